The smallest absolute Gasteiger partial charge is 0.171 e. The lowest BCUT2D eigenvalue weighted by Gasteiger charge is -2.00. The molecule has 2 aromatic carbocycles. The molecule has 0 aliphatic rings. The predicted octanol–water partition coefficient (Wildman–Crippen LogP) is 4.51. The molecular weight excluding hydrogens is 260 g/mol. The van der Waals surface area contributed by atoms with Crippen LogP contribution in [-0.4, -0.2) is 5.78 Å². The van der Waals surface area contributed by atoms with Crippen LogP contribution in [0.3, 0.4) is 0 Å². The van der Waals surface area contributed by atoms with Gasteiger partial charge >= 0.3 is 0 Å². The monoisotopic (exact) mass is 270 g/mol. The Morgan fingerprint density at radius 3 is 2.79 bits per heavy atom. The molecule has 3 rings (SSSR count). The minimum atomic E-state index is 0.0345. The van der Waals surface area contributed by atoms with E-state index < -0.39 is 0 Å². The van der Waals surface area contributed by atoms with Crippen molar-refractivity contribution in [3.8, 4) is 0 Å². The number of carbonyl (C=O) groups excluding carboxylic acids is 1. The lowest BCUT2D eigenvalue weighted by Crippen LogP contribution is -2.02. The molecule has 0 radical (unpaired) electrons. The average molecular weight is 271 g/mol. The standard InChI is InChI=1S/C16H11ClO2/c17-12-5-3-4-11(8-12)9-15(18)14-10-19-16-7-2-1-6-13(14)16/h1-8,10H,9H2. The Balaban J connectivity index is 1.92. The summed E-state index contributed by atoms with van der Waals surface area (Å²) in [4.78, 5) is 12.3. The van der Waals surface area contributed by atoms with Crippen LogP contribution < -0.4 is 0 Å². The number of ketones is 1. The molecule has 19 heavy (non-hydrogen) atoms. The first-order valence-corrected chi connectivity index (χ1v) is 6.36. The molecule has 0 atom stereocenters. The highest BCUT2D eigenvalue weighted by Gasteiger charge is 2.13. The first-order chi connectivity index (χ1) is 9.24. The van der Waals surface area contributed by atoms with Crippen LogP contribution in [0.1, 0.15) is 15.9 Å². The average Bonchev–Trinajstić information content (AvgIpc) is 2.82. The van der Waals surface area contributed by atoms with Crippen LogP contribution in [0.15, 0.2) is 59.2 Å². The summed E-state index contributed by atoms with van der Waals surface area (Å²) in [7, 11) is 0. The van der Waals surface area contributed by atoms with Gasteiger partial charge in [-0.2, -0.15) is 0 Å². The Morgan fingerprint density at radius 2 is 1.95 bits per heavy atom. The van der Waals surface area contributed by atoms with Gasteiger partial charge < -0.3 is 4.42 Å². The number of furan rings is 1. The van der Waals surface area contributed by atoms with E-state index in [-0.39, 0.29) is 5.78 Å². The van der Waals surface area contributed by atoms with Gasteiger partial charge in [0.2, 0.25) is 0 Å². The van der Waals surface area contributed by atoms with Crippen LogP contribution in [0, 0.1) is 0 Å². The van der Waals surface area contributed by atoms with Crippen LogP contribution >= 0.6 is 11.6 Å². The Morgan fingerprint density at radius 1 is 1.11 bits per heavy atom. The highest BCUT2D eigenvalue weighted by Crippen LogP contribution is 2.22. The molecule has 1 heterocycles. The molecule has 0 saturated heterocycles. The molecule has 0 fully saturated rings. The van der Waals surface area contributed by atoms with E-state index in [4.69, 9.17) is 16.0 Å². The summed E-state index contributed by atoms with van der Waals surface area (Å²) in [5.74, 6) is 0.0345. The largest absolute Gasteiger partial charge is 0.464 e. The molecule has 3 heteroatoms. The van der Waals surface area contributed by atoms with Gasteiger partial charge in [-0.05, 0) is 23.8 Å². The van der Waals surface area contributed by atoms with Crippen LogP contribution in [0.25, 0.3) is 11.0 Å². The number of para-hydroxylation sites is 1. The molecule has 0 unspecified atom stereocenters. The van der Waals surface area contributed by atoms with E-state index >= 15 is 0 Å². The molecule has 0 N–H and O–H groups in total. The van der Waals surface area contributed by atoms with Crippen molar-refractivity contribution in [1.29, 1.82) is 0 Å². The molecule has 1 aromatic heterocycles. The van der Waals surface area contributed by atoms with E-state index in [0.717, 1.165) is 16.5 Å². The zero-order chi connectivity index (χ0) is 13.2. The molecule has 3 aromatic rings. The SMILES string of the molecule is O=C(Cc1cccc(Cl)c1)c1coc2ccccc12. The van der Waals surface area contributed by atoms with E-state index in [1.165, 1.54) is 6.26 Å². The first-order valence-electron chi connectivity index (χ1n) is 5.98. The Bertz CT molecular complexity index is 743. The number of benzene rings is 2. The van der Waals surface area contributed by atoms with Crippen molar-refractivity contribution in [1.82, 2.24) is 0 Å². The highest BCUT2D eigenvalue weighted by atomic mass is 35.5. The molecule has 0 aliphatic heterocycles. The van der Waals surface area contributed by atoms with Crippen LogP contribution in [0.2, 0.25) is 5.02 Å². The van der Waals surface area contributed by atoms with Crippen LogP contribution in [0.5, 0.6) is 0 Å². The van der Waals surface area contributed by atoms with Crippen molar-refractivity contribution < 1.29 is 9.21 Å². The van der Waals surface area contributed by atoms with Gasteiger partial charge in [0, 0.05) is 16.8 Å². The van der Waals surface area contributed by atoms with Gasteiger partial charge in [0.25, 0.3) is 0 Å². The zero-order valence-electron chi connectivity index (χ0n) is 10.1. The predicted molar refractivity (Wildman–Crippen MR) is 75.7 cm³/mol. The Labute approximate surface area is 115 Å². The normalized spacial score (nSPS) is 10.8. The fourth-order valence-corrected chi connectivity index (χ4v) is 2.33. The van der Waals surface area contributed by atoms with Gasteiger partial charge in [-0.3, -0.25) is 4.79 Å². The first kappa shape index (κ1) is 12.0. The van der Waals surface area contributed by atoms with Crippen LogP contribution in [0.4, 0.5) is 0 Å². The third-order valence-electron chi connectivity index (χ3n) is 3.04. The van der Waals surface area contributed by atoms with E-state index in [1.54, 1.807) is 6.07 Å². The molecule has 0 spiro atoms. The number of hydrogen-bond acceptors (Lipinski definition) is 2. The van der Waals surface area contributed by atoms with Crippen molar-refractivity contribution in [2.75, 3.05) is 0 Å². The van der Waals surface area contributed by atoms with Crippen LogP contribution in [-0.2, 0) is 6.42 Å². The molecule has 94 valence electrons. The number of hydrogen-bond donors (Lipinski definition) is 0. The topological polar surface area (TPSA) is 30.2 Å². The summed E-state index contributed by atoms with van der Waals surface area (Å²) in [6, 6.07) is 14.9. The Kier molecular flexibility index (Phi) is 3.10. The van der Waals surface area contributed by atoms with Gasteiger partial charge in [-0.25, -0.2) is 0 Å². The summed E-state index contributed by atoms with van der Waals surface area (Å²) in [6.45, 7) is 0. The van der Waals surface area contributed by atoms with E-state index in [2.05, 4.69) is 0 Å². The maximum atomic E-state index is 12.3. The zero-order valence-corrected chi connectivity index (χ0v) is 10.9. The molecule has 0 saturated carbocycles. The minimum Gasteiger partial charge on any atom is -0.464 e. The summed E-state index contributed by atoms with van der Waals surface area (Å²) in [5.41, 5.74) is 2.26. The number of halogens is 1. The molecule has 0 aliphatic carbocycles. The maximum absolute atomic E-state index is 12.3. The van der Waals surface area contributed by atoms with Gasteiger partial charge in [0.05, 0.1) is 5.56 Å². The van der Waals surface area contributed by atoms with Crippen molar-refractivity contribution >= 4 is 28.4 Å². The van der Waals surface area contributed by atoms with E-state index in [0.29, 0.717) is 17.0 Å². The summed E-state index contributed by atoms with van der Waals surface area (Å²) >= 11 is 5.92. The number of fused-ring (bicyclic) bond motifs is 1. The molecule has 0 bridgehead atoms. The highest BCUT2D eigenvalue weighted by molar-refractivity contribution is 6.30. The van der Waals surface area contributed by atoms with Crippen molar-refractivity contribution in [2.45, 2.75) is 6.42 Å². The van der Waals surface area contributed by atoms with E-state index in [9.17, 15) is 4.79 Å². The van der Waals surface area contributed by atoms with Gasteiger partial charge in [-0.1, -0.05) is 41.9 Å². The molecule has 2 nitrogen and oxygen atoms in total. The minimum absolute atomic E-state index is 0.0345. The second-order valence-corrected chi connectivity index (χ2v) is 4.81. The van der Waals surface area contributed by atoms with E-state index in [1.807, 2.05) is 42.5 Å². The van der Waals surface area contributed by atoms with Gasteiger partial charge in [-0.15, -0.1) is 0 Å². The summed E-state index contributed by atoms with van der Waals surface area (Å²) in [6.07, 6.45) is 1.85. The maximum Gasteiger partial charge on any atom is 0.171 e. The van der Waals surface area contributed by atoms with Crippen molar-refractivity contribution in [3.63, 3.8) is 0 Å². The summed E-state index contributed by atoms with van der Waals surface area (Å²) < 4.78 is 5.38. The number of rotatable bonds is 3. The quantitative estimate of drug-likeness (QED) is 0.656. The lowest BCUT2D eigenvalue weighted by atomic mass is 10.0. The fraction of sp³-hybridized carbons (Fsp3) is 0.0625. The third kappa shape index (κ3) is 2.40. The Hall–Kier alpha value is -2.06. The molecular formula is C16H11ClO2. The van der Waals surface area contributed by atoms with Crippen molar-refractivity contribution in [2.24, 2.45) is 0 Å². The van der Waals surface area contributed by atoms with Crippen molar-refractivity contribution in [3.05, 3.63) is 70.9 Å². The fourth-order valence-electron chi connectivity index (χ4n) is 2.12. The lowest BCUT2D eigenvalue weighted by molar-refractivity contribution is 0.0993. The molecule has 0 amide bonds. The summed E-state index contributed by atoms with van der Waals surface area (Å²) in [5, 5.41) is 1.50. The second-order valence-electron chi connectivity index (χ2n) is 4.38. The number of Topliss-reactive ketones (excluding diaryl/α,β-unsaturated/α-hetero) is 1. The van der Waals surface area contributed by atoms with Gasteiger partial charge in [0.15, 0.2) is 5.78 Å². The second kappa shape index (κ2) is 4.90. The van der Waals surface area contributed by atoms with Gasteiger partial charge in [0.1, 0.15) is 11.8 Å². The third-order valence-corrected chi connectivity index (χ3v) is 3.27. The number of carbonyl (C=O) groups is 1.